The van der Waals surface area contributed by atoms with Crippen LogP contribution in [0.4, 0.5) is 13.2 Å². The van der Waals surface area contributed by atoms with Gasteiger partial charge in [0.05, 0.1) is 12.2 Å². The Bertz CT molecular complexity index is 1010. The zero-order chi connectivity index (χ0) is 18.2. The molecule has 1 heterocycles. The molecule has 0 radical (unpaired) electrons. The van der Waals surface area contributed by atoms with Crippen molar-refractivity contribution in [3.05, 3.63) is 53.7 Å². The fourth-order valence-electron chi connectivity index (χ4n) is 2.35. The van der Waals surface area contributed by atoms with E-state index < -0.39 is 21.4 Å². The van der Waals surface area contributed by atoms with Gasteiger partial charge in [-0.2, -0.15) is 26.9 Å². The molecule has 0 atom stereocenters. The number of alkyl halides is 3. The number of nitriles is 1. The third-order valence-corrected chi connectivity index (χ3v) is 4.41. The van der Waals surface area contributed by atoms with E-state index >= 15 is 0 Å². The summed E-state index contributed by atoms with van der Waals surface area (Å²) >= 11 is 0. The number of halogens is 3. The van der Waals surface area contributed by atoms with Gasteiger partial charge in [-0.1, -0.05) is 30.3 Å². The SMILES string of the molecule is N#Cc1[nH]n(Cc2ccccc2)c2cc(OS(=O)(=O)C(F)(F)F)cc1-2. The van der Waals surface area contributed by atoms with E-state index in [1.165, 1.54) is 4.68 Å². The molecule has 10 heteroatoms. The first kappa shape index (κ1) is 16.9. The summed E-state index contributed by atoms with van der Waals surface area (Å²) in [5, 5.41) is 12.0. The van der Waals surface area contributed by atoms with Crippen molar-refractivity contribution >= 4 is 10.1 Å². The number of aromatic amines is 1. The highest BCUT2D eigenvalue weighted by Gasteiger charge is 2.48. The summed E-state index contributed by atoms with van der Waals surface area (Å²) in [5.74, 6) is -0.505. The minimum absolute atomic E-state index is 0.0881. The molecule has 1 aliphatic carbocycles. The van der Waals surface area contributed by atoms with Gasteiger partial charge in [0.2, 0.25) is 0 Å². The maximum Gasteiger partial charge on any atom is 0.534 e. The van der Waals surface area contributed by atoms with Crippen molar-refractivity contribution in [1.29, 1.82) is 5.26 Å². The van der Waals surface area contributed by atoms with E-state index in [1.807, 2.05) is 36.4 Å². The Labute approximate surface area is 140 Å². The summed E-state index contributed by atoms with van der Waals surface area (Å²) in [6, 6.07) is 13.2. The molecule has 0 bridgehead atoms. The summed E-state index contributed by atoms with van der Waals surface area (Å²) in [6.45, 7) is 0.314. The molecule has 0 spiro atoms. The van der Waals surface area contributed by atoms with Gasteiger partial charge in [-0.3, -0.25) is 9.78 Å². The molecule has 25 heavy (non-hydrogen) atoms. The Morgan fingerprint density at radius 2 is 1.88 bits per heavy atom. The molecule has 0 aromatic heterocycles. The fraction of sp³-hybridized carbons (Fsp3) is 0.133. The van der Waals surface area contributed by atoms with Crippen molar-refractivity contribution in [2.24, 2.45) is 0 Å². The van der Waals surface area contributed by atoms with Crippen molar-refractivity contribution in [2.45, 2.75) is 12.1 Å². The zero-order valence-electron chi connectivity index (χ0n) is 12.4. The Balaban J connectivity index is 1.99. The molecule has 1 aromatic rings. The molecular weight excluding hydrogens is 359 g/mol. The van der Waals surface area contributed by atoms with Gasteiger partial charge >= 0.3 is 15.6 Å². The van der Waals surface area contributed by atoms with E-state index in [0.29, 0.717) is 12.2 Å². The number of nitrogens with zero attached hydrogens (tertiary/aromatic N) is 2. The average molecular weight is 369 g/mol. The molecule has 0 saturated heterocycles. The summed E-state index contributed by atoms with van der Waals surface area (Å²) in [6.07, 6.45) is 0. The molecule has 6 nitrogen and oxygen atoms in total. The molecule has 130 valence electrons. The predicted molar refractivity (Wildman–Crippen MR) is 81.3 cm³/mol. The van der Waals surface area contributed by atoms with Crippen LogP contribution in [0.2, 0.25) is 0 Å². The highest BCUT2D eigenvalue weighted by atomic mass is 32.2. The minimum Gasteiger partial charge on any atom is -0.376 e. The second-order valence-electron chi connectivity index (χ2n) is 5.14. The molecule has 1 aliphatic heterocycles. The molecule has 1 N–H and O–H groups in total. The number of hydrogen-bond acceptors (Lipinski definition) is 4. The van der Waals surface area contributed by atoms with Gasteiger partial charge in [0, 0.05) is 11.6 Å². The second-order valence-corrected chi connectivity index (χ2v) is 6.68. The van der Waals surface area contributed by atoms with Crippen molar-refractivity contribution in [1.82, 2.24) is 9.78 Å². The third-order valence-electron chi connectivity index (χ3n) is 3.43. The van der Waals surface area contributed by atoms with Crippen LogP contribution in [0, 0.1) is 11.3 Å². The van der Waals surface area contributed by atoms with Crippen molar-refractivity contribution in [2.75, 3.05) is 0 Å². The maximum absolute atomic E-state index is 12.4. The lowest BCUT2D eigenvalue weighted by Crippen LogP contribution is -2.27. The summed E-state index contributed by atoms with van der Waals surface area (Å²) < 4.78 is 65.2. The van der Waals surface area contributed by atoms with Gasteiger partial charge in [-0.05, 0) is 11.6 Å². The molecular formula is C15H10F3N3O3S. The highest BCUT2D eigenvalue weighted by molar-refractivity contribution is 7.88. The number of aromatic nitrogens is 2. The standard InChI is InChI=1S/C15H10F3N3O3S/c16-15(17,18)25(22,23)24-11-6-12-13(8-19)20-21(14(12)7-11)9-10-4-2-1-3-5-10/h1-7,20H,9H2. The monoisotopic (exact) mass is 369 g/mol. The first-order valence-corrected chi connectivity index (χ1v) is 8.29. The van der Waals surface area contributed by atoms with E-state index in [0.717, 1.165) is 17.7 Å². The summed E-state index contributed by atoms with van der Waals surface area (Å²) in [7, 11) is -5.77. The van der Waals surface area contributed by atoms with Crippen LogP contribution >= 0.6 is 0 Å². The first-order chi connectivity index (χ1) is 11.7. The number of H-pyrrole nitrogens is 1. The Morgan fingerprint density at radius 1 is 1.20 bits per heavy atom. The van der Waals surface area contributed by atoms with Crippen LogP contribution in [0.15, 0.2) is 42.5 Å². The number of hydrogen-bond donors (Lipinski definition) is 1. The number of benzene rings is 1. The van der Waals surface area contributed by atoms with E-state index in [9.17, 15) is 21.6 Å². The largest absolute Gasteiger partial charge is 0.534 e. The van der Waals surface area contributed by atoms with Crippen LogP contribution in [-0.2, 0) is 16.7 Å². The number of fused-ring (bicyclic) bond motifs is 1. The molecule has 3 rings (SSSR count). The van der Waals surface area contributed by atoms with E-state index in [4.69, 9.17) is 5.26 Å². The first-order valence-electron chi connectivity index (χ1n) is 6.88. The lowest BCUT2D eigenvalue weighted by molar-refractivity contribution is -0.0499. The topological polar surface area (TPSA) is 87.9 Å². The lowest BCUT2D eigenvalue weighted by atomic mass is 10.2. The predicted octanol–water partition coefficient (Wildman–Crippen LogP) is 3.07. The van der Waals surface area contributed by atoms with Crippen molar-refractivity contribution in [3.63, 3.8) is 0 Å². The molecule has 0 fully saturated rings. The summed E-state index contributed by atoms with van der Waals surface area (Å²) in [5.41, 5.74) is -3.94. The molecule has 0 amide bonds. The normalized spacial score (nSPS) is 12.2. The van der Waals surface area contributed by atoms with Crippen LogP contribution in [0.3, 0.4) is 0 Å². The molecule has 0 saturated carbocycles. The maximum atomic E-state index is 12.4. The quantitative estimate of drug-likeness (QED) is 0.565. The molecule has 0 unspecified atom stereocenters. The van der Waals surface area contributed by atoms with E-state index in [-0.39, 0.29) is 11.3 Å². The van der Waals surface area contributed by atoms with Gasteiger partial charge in [-0.15, -0.1) is 0 Å². The van der Waals surface area contributed by atoms with Crippen LogP contribution < -0.4 is 4.18 Å². The molecule has 2 aliphatic rings. The molecule has 1 aromatic carbocycles. The van der Waals surface area contributed by atoms with E-state index in [1.54, 1.807) is 0 Å². The Hall–Kier alpha value is -2.93. The van der Waals surface area contributed by atoms with Crippen LogP contribution in [0.25, 0.3) is 11.3 Å². The minimum atomic E-state index is -5.77. The third kappa shape index (κ3) is 3.18. The van der Waals surface area contributed by atoms with Crippen LogP contribution in [-0.4, -0.2) is 23.7 Å². The van der Waals surface area contributed by atoms with Crippen LogP contribution in [0.1, 0.15) is 11.3 Å². The van der Waals surface area contributed by atoms with Gasteiger partial charge in [0.15, 0.2) is 0 Å². The van der Waals surface area contributed by atoms with Gasteiger partial charge in [0.1, 0.15) is 17.5 Å². The fourth-order valence-corrected chi connectivity index (χ4v) is 2.79. The highest BCUT2D eigenvalue weighted by Crippen LogP contribution is 2.36. The smallest absolute Gasteiger partial charge is 0.376 e. The van der Waals surface area contributed by atoms with Crippen molar-refractivity contribution in [3.8, 4) is 23.1 Å². The summed E-state index contributed by atoms with van der Waals surface area (Å²) in [4.78, 5) is 0. The van der Waals surface area contributed by atoms with Crippen molar-refractivity contribution < 1.29 is 25.8 Å². The lowest BCUT2D eigenvalue weighted by Gasteiger charge is -2.08. The second kappa shape index (κ2) is 5.86. The number of nitrogens with one attached hydrogen (secondary N) is 1. The van der Waals surface area contributed by atoms with Gasteiger partial charge < -0.3 is 4.18 Å². The van der Waals surface area contributed by atoms with E-state index in [2.05, 4.69) is 9.28 Å². The number of rotatable bonds is 4. The Kier molecular flexibility index (Phi) is 3.96. The van der Waals surface area contributed by atoms with Gasteiger partial charge in [0.25, 0.3) is 0 Å². The van der Waals surface area contributed by atoms with Crippen LogP contribution in [0.5, 0.6) is 5.75 Å². The zero-order valence-corrected chi connectivity index (χ0v) is 13.2. The Morgan fingerprint density at radius 3 is 2.48 bits per heavy atom. The van der Waals surface area contributed by atoms with Gasteiger partial charge in [-0.25, -0.2) is 0 Å². The average Bonchev–Trinajstić information content (AvgIpc) is 3.06.